The van der Waals surface area contributed by atoms with Crippen LogP contribution >= 0.6 is 0 Å². The molecule has 0 saturated carbocycles. The molecule has 15 heavy (non-hydrogen) atoms. The number of hydrogen-bond acceptors (Lipinski definition) is 5. The van der Waals surface area contributed by atoms with E-state index in [9.17, 15) is 0 Å². The maximum Gasteiger partial charge on any atom is 0.232 e. The van der Waals surface area contributed by atoms with Crippen LogP contribution in [0.1, 0.15) is 44.8 Å². The summed E-state index contributed by atoms with van der Waals surface area (Å²) < 4.78 is 10.7. The number of hydrogen-bond donors (Lipinski definition) is 1. The van der Waals surface area contributed by atoms with Gasteiger partial charge in [0.15, 0.2) is 5.82 Å². The van der Waals surface area contributed by atoms with E-state index in [1.807, 2.05) is 20.8 Å². The number of rotatable bonds is 2. The lowest BCUT2D eigenvalue weighted by atomic mass is 10.0. The molecule has 0 aromatic carbocycles. The SMILES string of the molecule is CC1OCCC1c1nc(C(C)(C)N)no1. The lowest BCUT2D eigenvalue weighted by Crippen LogP contribution is -2.30. The van der Waals surface area contributed by atoms with E-state index in [-0.39, 0.29) is 12.0 Å². The summed E-state index contributed by atoms with van der Waals surface area (Å²) >= 11 is 0. The van der Waals surface area contributed by atoms with Crippen LogP contribution in [0.2, 0.25) is 0 Å². The quantitative estimate of drug-likeness (QED) is 0.794. The average Bonchev–Trinajstić information content (AvgIpc) is 2.69. The Labute approximate surface area is 89.0 Å². The van der Waals surface area contributed by atoms with Gasteiger partial charge >= 0.3 is 0 Å². The van der Waals surface area contributed by atoms with Gasteiger partial charge in [0.05, 0.1) is 17.6 Å². The molecule has 0 amide bonds. The second-order valence-electron chi connectivity index (χ2n) is 4.65. The minimum atomic E-state index is -0.551. The van der Waals surface area contributed by atoms with E-state index in [4.69, 9.17) is 15.0 Å². The van der Waals surface area contributed by atoms with Gasteiger partial charge in [-0.05, 0) is 27.2 Å². The van der Waals surface area contributed by atoms with Crippen molar-refractivity contribution in [1.82, 2.24) is 10.1 Å². The van der Waals surface area contributed by atoms with Gasteiger partial charge in [-0.3, -0.25) is 0 Å². The highest BCUT2D eigenvalue weighted by molar-refractivity contribution is 5.04. The Balaban J connectivity index is 2.20. The monoisotopic (exact) mass is 211 g/mol. The second-order valence-corrected chi connectivity index (χ2v) is 4.65. The molecule has 1 aliphatic rings. The van der Waals surface area contributed by atoms with Crippen LogP contribution in [0.3, 0.4) is 0 Å². The van der Waals surface area contributed by atoms with Gasteiger partial charge in [0.2, 0.25) is 5.89 Å². The van der Waals surface area contributed by atoms with Crippen LogP contribution in [0.25, 0.3) is 0 Å². The first-order valence-electron chi connectivity index (χ1n) is 5.23. The molecule has 2 atom stereocenters. The standard InChI is InChI=1S/C10H17N3O2/c1-6-7(4-5-14-6)8-12-9(13-15-8)10(2,3)11/h6-7H,4-5,11H2,1-3H3. The van der Waals surface area contributed by atoms with Gasteiger partial charge in [-0.25, -0.2) is 0 Å². The molecule has 2 unspecified atom stereocenters. The average molecular weight is 211 g/mol. The summed E-state index contributed by atoms with van der Waals surface area (Å²) in [6, 6.07) is 0. The van der Waals surface area contributed by atoms with Gasteiger partial charge in [-0.15, -0.1) is 0 Å². The van der Waals surface area contributed by atoms with Gasteiger partial charge in [-0.1, -0.05) is 5.16 Å². The van der Waals surface area contributed by atoms with Gasteiger partial charge in [-0.2, -0.15) is 4.98 Å². The Kier molecular flexibility index (Phi) is 2.52. The molecule has 1 aromatic heterocycles. The minimum Gasteiger partial charge on any atom is -0.378 e. The molecule has 1 fully saturated rings. The Morgan fingerprint density at radius 3 is 2.67 bits per heavy atom. The van der Waals surface area contributed by atoms with E-state index in [1.54, 1.807) is 0 Å². The Morgan fingerprint density at radius 2 is 2.20 bits per heavy atom. The zero-order valence-corrected chi connectivity index (χ0v) is 9.36. The van der Waals surface area contributed by atoms with Crippen molar-refractivity contribution in [2.45, 2.75) is 44.8 Å². The number of nitrogens with two attached hydrogens (primary N) is 1. The molecular weight excluding hydrogens is 194 g/mol. The maximum absolute atomic E-state index is 5.89. The van der Waals surface area contributed by atoms with Gasteiger partial charge in [0.25, 0.3) is 0 Å². The molecule has 0 aliphatic carbocycles. The molecule has 5 heteroatoms. The van der Waals surface area contributed by atoms with E-state index >= 15 is 0 Å². The van der Waals surface area contributed by atoms with Crippen LogP contribution in [0.4, 0.5) is 0 Å². The molecule has 0 spiro atoms. The largest absolute Gasteiger partial charge is 0.378 e. The highest BCUT2D eigenvalue weighted by Crippen LogP contribution is 2.30. The molecule has 2 rings (SSSR count). The van der Waals surface area contributed by atoms with Crippen molar-refractivity contribution >= 4 is 0 Å². The zero-order valence-electron chi connectivity index (χ0n) is 9.36. The fourth-order valence-corrected chi connectivity index (χ4v) is 1.70. The van der Waals surface area contributed by atoms with E-state index in [2.05, 4.69) is 10.1 Å². The van der Waals surface area contributed by atoms with E-state index in [0.29, 0.717) is 11.7 Å². The Morgan fingerprint density at radius 1 is 1.47 bits per heavy atom. The minimum absolute atomic E-state index is 0.152. The topological polar surface area (TPSA) is 74.2 Å². The van der Waals surface area contributed by atoms with Crippen LogP contribution < -0.4 is 5.73 Å². The summed E-state index contributed by atoms with van der Waals surface area (Å²) in [4.78, 5) is 4.33. The Hall–Kier alpha value is -0.940. The highest BCUT2D eigenvalue weighted by Gasteiger charge is 2.32. The third-order valence-corrected chi connectivity index (χ3v) is 2.71. The molecular formula is C10H17N3O2. The van der Waals surface area contributed by atoms with Gasteiger partial charge < -0.3 is 15.0 Å². The third-order valence-electron chi connectivity index (χ3n) is 2.71. The number of ether oxygens (including phenoxy) is 1. The van der Waals surface area contributed by atoms with Gasteiger partial charge in [0, 0.05) is 6.61 Å². The smallest absolute Gasteiger partial charge is 0.232 e. The molecule has 2 heterocycles. The van der Waals surface area contributed by atoms with Crippen LogP contribution in [0.5, 0.6) is 0 Å². The first-order valence-corrected chi connectivity index (χ1v) is 5.23. The summed E-state index contributed by atoms with van der Waals surface area (Å²) in [6.07, 6.45) is 1.09. The molecule has 0 bridgehead atoms. The molecule has 5 nitrogen and oxygen atoms in total. The van der Waals surface area contributed by atoms with Crippen molar-refractivity contribution in [3.63, 3.8) is 0 Å². The van der Waals surface area contributed by atoms with Crippen LogP contribution in [-0.2, 0) is 10.3 Å². The van der Waals surface area contributed by atoms with E-state index < -0.39 is 5.54 Å². The molecule has 1 aromatic rings. The zero-order chi connectivity index (χ0) is 11.1. The first kappa shape index (κ1) is 10.6. The van der Waals surface area contributed by atoms with Crippen molar-refractivity contribution in [2.75, 3.05) is 6.61 Å². The molecule has 1 saturated heterocycles. The lowest BCUT2D eigenvalue weighted by Gasteiger charge is -2.12. The predicted molar refractivity (Wildman–Crippen MR) is 54.3 cm³/mol. The normalized spacial score (nSPS) is 27.2. The molecule has 0 radical (unpaired) electrons. The van der Waals surface area contributed by atoms with E-state index in [1.165, 1.54) is 0 Å². The van der Waals surface area contributed by atoms with Gasteiger partial charge in [0.1, 0.15) is 0 Å². The fraction of sp³-hybridized carbons (Fsp3) is 0.800. The predicted octanol–water partition coefficient (Wildman–Crippen LogP) is 1.16. The molecule has 2 N–H and O–H groups in total. The highest BCUT2D eigenvalue weighted by atomic mass is 16.5. The summed E-state index contributed by atoms with van der Waals surface area (Å²) in [5.41, 5.74) is 5.34. The third kappa shape index (κ3) is 2.03. The number of aromatic nitrogens is 2. The maximum atomic E-state index is 5.89. The molecule has 1 aliphatic heterocycles. The van der Waals surface area contributed by atoms with Crippen molar-refractivity contribution in [3.05, 3.63) is 11.7 Å². The van der Waals surface area contributed by atoms with E-state index in [0.717, 1.165) is 13.0 Å². The summed E-state index contributed by atoms with van der Waals surface area (Å²) in [5.74, 6) is 1.42. The summed E-state index contributed by atoms with van der Waals surface area (Å²) in [6.45, 7) is 6.50. The van der Waals surface area contributed by atoms with Crippen molar-refractivity contribution in [3.8, 4) is 0 Å². The first-order chi connectivity index (χ1) is 6.98. The fourth-order valence-electron chi connectivity index (χ4n) is 1.70. The van der Waals surface area contributed by atoms with Crippen molar-refractivity contribution in [2.24, 2.45) is 5.73 Å². The second kappa shape index (κ2) is 3.57. The lowest BCUT2D eigenvalue weighted by molar-refractivity contribution is 0.113. The number of nitrogens with zero attached hydrogens (tertiary/aromatic N) is 2. The van der Waals surface area contributed by atoms with Crippen molar-refractivity contribution in [1.29, 1.82) is 0 Å². The van der Waals surface area contributed by atoms with Crippen LogP contribution in [0.15, 0.2) is 4.52 Å². The van der Waals surface area contributed by atoms with Crippen LogP contribution in [0, 0.1) is 0 Å². The van der Waals surface area contributed by atoms with Crippen LogP contribution in [-0.4, -0.2) is 22.9 Å². The summed E-state index contributed by atoms with van der Waals surface area (Å²) in [7, 11) is 0. The van der Waals surface area contributed by atoms with Crippen molar-refractivity contribution < 1.29 is 9.26 Å². The Bertz CT molecular complexity index is 343. The molecule has 84 valence electrons. The summed E-state index contributed by atoms with van der Waals surface area (Å²) in [5, 5.41) is 3.90.